The minimum Gasteiger partial charge on any atom is -0.478 e. The molecule has 1 N–H and O–H groups in total. The summed E-state index contributed by atoms with van der Waals surface area (Å²) < 4.78 is 24.2. The Morgan fingerprint density at radius 2 is 1.84 bits per heavy atom. The first kappa shape index (κ1) is 13.2. The molecular formula is C13H11NO4S. The summed E-state index contributed by atoms with van der Waals surface area (Å²) in [6.07, 6.45) is 3.06. The summed E-state index contributed by atoms with van der Waals surface area (Å²) in [6.45, 7) is 0. The summed E-state index contributed by atoms with van der Waals surface area (Å²) in [5.41, 5.74) is 0.644. The highest BCUT2D eigenvalue weighted by molar-refractivity contribution is 7.90. The average molecular weight is 277 g/mol. The molecule has 6 heteroatoms. The third kappa shape index (κ3) is 3.17. The summed E-state index contributed by atoms with van der Waals surface area (Å²) in [6, 6.07) is 8.50. The summed E-state index contributed by atoms with van der Waals surface area (Å²) in [7, 11) is -3.49. The van der Waals surface area contributed by atoms with Gasteiger partial charge in [0, 0.05) is 12.4 Å². The van der Waals surface area contributed by atoms with Crippen molar-refractivity contribution in [3.8, 4) is 0 Å². The smallest absolute Gasteiger partial charge is 0.335 e. The van der Waals surface area contributed by atoms with E-state index in [0.717, 1.165) is 0 Å². The number of pyridine rings is 1. The van der Waals surface area contributed by atoms with Crippen molar-refractivity contribution in [2.75, 3.05) is 0 Å². The fraction of sp³-hybridized carbons (Fsp3) is 0.0769. The number of aromatic nitrogens is 1. The predicted molar refractivity (Wildman–Crippen MR) is 68.5 cm³/mol. The summed E-state index contributed by atoms with van der Waals surface area (Å²) in [5, 5.41) is 8.76. The molecule has 0 bridgehead atoms. The van der Waals surface area contributed by atoms with Crippen LogP contribution in [-0.4, -0.2) is 24.5 Å². The Bertz CT molecular complexity index is 678. The van der Waals surface area contributed by atoms with Gasteiger partial charge in [0.15, 0.2) is 9.84 Å². The zero-order chi connectivity index (χ0) is 13.9. The van der Waals surface area contributed by atoms with Crippen molar-refractivity contribution in [1.29, 1.82) is 0 Å². The van der Waals surface area contributed by atoms with E-state index in [2.05, 4.69) is 4.98 Å². The van der Waals surface area contributed by atoms with Gasteiger partial charge in [0.2, 0.25) is 0 Å². The van der Waals surface area contributed by atoms with Gasteiger partial charge >= 0.3 is 5.97 Å². The van der Waals surface area contributed by atoms with Crippen molar-refractivity contribution in [2.45, 2.75) is 10.6 Å². The van der Waals surface area contributed by atoms with E-state index in [1.54, 1.807) is 18.3 Å². The average Bonchev–Trinajstić information content (AvgIpc) is 2.39. The van der Waals surface area contributed by atoms with Crippen LogP contribution >= 0.6 is 0 Å². The van der Waals surface area contributed by atoms with Crippen molar-refractivity contribution in [3.05, 3.63) is 59.9 Å². The van der Waals surface area contributed by atoms with Crippen molar-refractivity contribution in [2.24, 2.45) is 0 Å². The second-order valence-corrected chi connectivity index (χ2v) is 5.94. The molecule has 0 atom stereocenters. The molecule has 1 aromatic heterocycles. The first-order chi connectivity index (χ1) is 8.99. The van der Waals surface area contributed by atoms with Crippen LogP contribution < -0.4 is 0 Å². The molecule has 5 nitrogen and oxygen atoms in total. The van der Waals surface area contributed by atoms with Crippen LogP contribution in [0.3, 0.4) is 0 Å². The highest BCUT2D eigenvalue weighted by Crippen LogP contribution is 2.16. The highest BCUT2D eigenvalue weighted by atomic mass is 32.2. The normalized spacial score (nSPS) is 11.2. The molecule has 0 radical (unpaired) electrons. The van der Waals surface area contributed by atoms with Crippen LogP contribution in [0.15, 0.2) is 53.7 Å². The number of hydrogen-bond donors (Lipinski definition) is 1. The van der Waals surface area contributed by atoms with E-state index < -0.39 is 15.8 Å². The molecule has 0 fully saturated rings. The zero-order valence-corrected chi connectivity index (χ0v) is 10.7. The van der Waals surface area contributed by atoms with E-state index in [9.17, 15) is 13.2 Å². The molecule has 0 unspecified atom stereocenters. The first-order valence-corrected chi connectivity index (χ1v) is 7.09. The molecule has 0 spiro atoms. The van der Waals surface area contributed by atoms with Crippen molar-refractivity contribution < 1.29 is 18.3 Å². The number of carboxylic acids is 1. The van der Waals surface area contributed by atoms with Gasteiger partial charge < -0.3 is 5.11 Å². The lowest BCUT2D eigenvalue weighted by atomic mass is 10.2. The number of carboxylic acid groups (broad SMARTS) is 1. The minimum atomic E-state index is -3.49. The van der Waals surface area contributed by atoms with Crippen molar-refractivity contribution in [3.63, 3.8) is 0 Å². The van der Waals surface area contributed by atoms with Crippen LogP contribution in [0.4, 0.5) is 0 Å². The van der Waals surface area contributed by atoms with Gasteiger partial charge in [0.05, 0.1) is 16.2 Å². The molecule has 1 aromatic carbocycles. The van der Waals surface area contributed by atoms with Gasteiger partial charge in [-0.1, -0.05) is 6.07 Å². The second-order valence-electron chi connectivity index (χ2n) is 3.95. The maximum atomic E-state index is 12.1. The lowest BCUT2D eigenvalue weighted by molar-refractivity contribution is 0.0697. The van der Waals surface area contributed by atoms with Crippen LogP contribution in [0.5, 0.6) is 0 Å². The van der Waals surface area contributed by atoms with Gasteiger partial charge in [-0.25, -0.2) is 13.2 Å². The number of carbonyl (C=O) groups is 1. The second kappa shape index (κ2) is 5.19. The largest absolute Gasteiger partial charge is 0.478 e. The Morgan fingerprint density at radius 1 is 1.16 bits per heavy atom. The Morgan fingerprint density at radius 3 is 2.37 bits per heavy atom. The maximum absolute atomic E-state index is 12.1. The van der Waals surface area contributed by atoms with E-state index >= 15 is 0 Å². The Labute approximate surface area is 110 Å². The number of aromatic carboxylic acids is 1. The van der Waals surface area contributed by atoms with E-state index in [4.69, 9.17) is 5.11 Å². The van der Waals surface area contributed by atoms with E-state index in [1.165, 1.54) is 30.5 Å². The topological polar surface area (TPSA) is 84.3 Å². The molecule has 2 aromatic rings. The quantitative estimate of drug-likeness (QED) is 0.920. The number of nitrogens with zero attached hydrogens (tertiary/aromatic N) is 1. The number of hydrogen-bond acceptors (Lipinski definition) is 4. The van der Waals surface area contributed by atoms with Crippen LogP contribution in [0.25, 0.3) is 0 Å². The predicted octanol–water partition coefficient (Wildman–Crippen LogP) is 1.75. The SMILES string of the molecule is O=C(O)c1ccc(S(=O)(=O)Cc2cccnc2)cc1. The molecule has 0 aliphatic carbocycles. The molecule has 0 saturated carbocycles. The molecular weight excluding hydrogens is 266 g/mol. The van der Waals surface area contributed by atoms with Gasteiger partial charge in [-0.3, -0.25) is 4.98 Å². The molecule has 0 aliphatic rings. The van der Waals surface area contributed by atoms with Crippen LogP contribution in [0, 0.1) is 0 Å². The monoisotopic (exact) mass is 277 g/mol. The molecule has 98 valence electrons. The van der Waals surface area contributed by atoms with Gasteiger partial charge in [-0.15, -0.1) is 0 Å². The van der Waals surface area contributed by atoms with Gasteiger partial charge in [-0.05, 0) is 35.9 Å². The van der Waals surface area contributed by atoms with Crippen LogP contribution in [0.1, 0.15) is 15.9 Å². The summed E-state index contributed by atoms with van der Waals surface area (Å²) >= 11 is 0. The fourth-order valence-corrected chi connectivity index (χ4v) is 2.92. The molecule has 0 saturated heterocycles. The number of benzene rings is 1. The minimum absolute atomic E-state index is 0.0559. The van der Waals surface area contributed by atoms with Gasteiger partial charge in [0.1, 0.15) is 0 Å². The third-order valence-corrected chi connectivity index (χ3v) is 4.24. The Balaban J connectivity index is 2.27. The van der Waals surface area contributed by atoms with E-state index in [-0.39, 0.29) is 16.2 Å². The standard InChI is InChI=1S/C13H11NO4S/c15-13(16)11-3-5-12(6-4-11)19(17,18)9-10-2-1-7-14-8-10/h1-8H,9H2,(H,15,16). The molecule has 0 amide bonds. The molecule has 2 rings (SSSR count). The molecule has 1 heterocycles. The van der Waals surface area contributed by atoms with Crippen molar-refractivity contribution >= 4 is 15.8 Å². The van der Waals surface area contributed by atoms with Crippen LogP contribution in [0.2, 0.25) is 0 Å². The van der Waals surface area contributed by atoms with E-state index in [1.807, 2.05) is 0 Å². The summed E-state index contributed by atoms with van der Waals surface area (Å²) in [4.78, 5) is 14.7. The molecule has 0 aliphatic heterocycles. The highest BCUT2D eigenvalue weighted by Gasteiger charge is 2.16. The van der Waals surface area contributed by atoms with E-state index in [0.29, 0.717) is 5.56 Å². The maximum Gasteiger partial charge on any atom is 0.335 e. The number of rotatable bonds is 4. The van der Waals surface area contributed by atoms with Crippen molar-refractivity contribution in [1.82, 2.24) is 4.98 Å². The number of sulfone groups is 1. The fourth-order valence-electron chi connectivity index (χ4n) is 1.59. The third-order valence-electron chi connectivity index (χ3n) is 2.54. The first-order valence-electron chi connectivity index (χ1n) is 5.44. The lowest BCUT2D eigenvalue weighted by Crippen LogP contribution is -2.06. The molecule has 19 heavy (non-hydrogen) atoms. The zero-order valence-electron chi connectivity index (χ0n) is 9.85. The Kier molecular flexibility index (Phi) is 3.62. The van der Waals surface area contributed by atoms with Gasteiger partial charge in [0.25, 0.3) is 0 Å². The van der Waals surface area contributed by atoms with Crippen LogP contribution in [-0.2, 0) is 15.6 Å². The summed E-state index contributed by atoms with van der Waals surface area (Å²) in [5.74, 6) is -1.25. The lowest BCUT2D eigenvalue weighted by Gasteiger charge is -2.04. The Hall–Kier alpha value is -2.21. The van der Waals surface area contributed by atoms with Gasteiger partial charge in [-0.2, -0.15) is 0 Å².